The largest absolute Gasteiger partial charge is 0.310 e. The van der Waals surface area contributed by atoms with E-state index < -0.39 is 0 Å². The second-order valence-corrected chi connectivity index (χ2v) is 17.7. The van der Waals surface area contributed by atoms with Gasteiger partial charge < -0.3 is 9.47 Å². The van der Waals surface area contributed by atoms with Gasteiger partial charge >= 0.3 is 0 Å². The Balaban J connectivity index is 0.885. The topological polar surface area (TPSA) is 8.17 Å². The van der Waals surface area contributed by atoms with Crippen LogP contribution in [0.15, 0.2) is 243 Å². The van der Waals surface area contributed by atoms with Gasteiger partial charge in [0.15, 0.2) is 0 Å². The van der Waals surface area contributed by atoms with E-state index in [1.54, 1.807) is 0 Å². The fourth-order valence-electron chi connectivity index (χ4n) is 11.4. The molecule has 0 saturated carbocycles. The number of para-hydroxylation sites is 1. The van der Waals surface area contributed by atoms with E-state index in [4.69, 9.17) is 0 Å². The van der Waals surface area contributed by atoms with Crippen LogP contribution in [0.25, 0.3) is 82.4 Å². The molecule has 0 bridgehead atoms. The summed E-state index contributed by atoms with van der Waals surface area (Å²) >= 11 is 0. The van der Waals surface area contributed by atoms with E-state index in [1.165, 1.54) is 99.0 Å². The summed E-state index contributed by atoms with van der Waals surface area (Å²) in [4.78, 5) is 2.45. The van der Waals surface area contributed by atoms with Gasteiger partial charge in [-0.1, -0.05) is 176 Å². The van der Waals surface area contributed by atoms with Gasteiger partial charge in [0.2, 0.25) is 0 Å². The van der Waals surface area contributed by atoms with Crippen molar-refractivity contribution in [3.05, 3.63) is 265 Å². The highest BCUT2D eigenvalue weighted by molar-refractivity contribution is 6.12. The molecule has 65 heavy (non-hydrogen) atoms. The lowest BCUT2D eigenvalue weighted by atomic mass is 9.49. The maximum atomic E-state index is 2.48. The van der Waals surface area contributed by atoms with Crippen molar-refractivity contribution in [3.63, 3.8) is 0 Å². The summed E-state index contributed by atoms with van der Waals surface area (Å²) in [6.07, 6.45) is 0. The normalized spacial score (nSPS) is 13.0. The van der Waals surface area contributed by atoms with Crippen LogP contribution in [0.5, 0.6) is 0 Å². The van der Waals surface area contributed by atoms with Crippen LogP contribution in [0.1, 0.15) is 22.3 Å². The van der Waals surface area contributed by atoms with Gasteiger partial charge in [0.05, 0.1) is 16.4 Å². The SMILES string of the molecule is c1ccc(-c2ccc(N(c3cccc(-c4ccc(-n5c6ccccc6c6cc(-c7ccccc7)ccc65)cc4)c3)c3cc4c5c(cccc5c3)C43c4cccc5cccc3c45)cc2)cc1. The van der Waals surface area contributed by atoms with Crippen LogP contribution in [0.4, 0.5) is 17.1 Å². The molecule has 0 N–H and O–H groups in total. The molecule has 1 aromatic heterocycles. The summed E-state index contributed by atoms with van der Waals surface area (Å²) in [5, 5.41) is 7.90. The predicted octanol–water partition coefficient (Wildman–Crippen LogP) is 16.6. The molecule has 0 radical (unpaired) electrons. The lowest BCUT2D eigenvalue weighted by molar-refractivity contribution is 0.701. The van der Waals surface area contributed by atoms with Gasteiger partial charge in [-0.05, 0) is 144 Å². The van der Waals surface area contributed by atoms with Gasteiger partial charge in [-0.3, -0.25) is 0 Å². The zero-order valence-corrected chi connectivity index (χ0v) is 35.5. The number of nitrogens with zero attached hydrogens (tertiary/aromatic N) is 2. The Kier molecular flexibility index (Phi) is 7.64. The molecular weight excluding hydrogens is 785 g/mol. The molecule has 0 fully saturated rings. The number of benzene rings is 11. The lowest BCUT2D eigenvalue weighted by Crippen LogP contribution is -2.43. The number of hydrogen-bond donors (Lipinski definition) is 0. The minimum absolute atomic E-state index is 0.214. The summed E-state index contributed by atoms with van der Waals surface area (Å²) in [6.45, 7) is 0. The van der Waals surface area contributed by atoms with E-state index in [-0.39, 0.29) is 5.41 Å². The summed E-state index contributed by atoms with van der Waals surface area (Å²) in [5.41, 5.74) is 19.6. The predicted molar refractivity (Wildman–Crippen MR) is 272 cm³/mol. The van der Waals surface area contributed by atoms with Crippen LogP contribution >= 0.6 is 0 Å². The van der Waals surface area contributed by atoms with Crippen molar-refractivity contribution < 1.29 is 0 Å². The first kappa shape index (κ1) is 36.1. The maximum absolute atomic E-state index is 2.48. The highest BCUT2D eigenvalue weighted by Gasteiger charge is 2.54. The second kappa shape index (κ2) is 13.8. The van der Waals surface area contributed by atoms with Crippen molar-refractivity contribution in [3.8, 4) is 39.1 Å². The van der Waals surface area contributed by atoms with Crippen LogP contribution in [0.3, 0.4) is 0 Å². The quantitative estimate of drug-likeness (QED) is 0.155. The number of hydrogen-bond acceptors (Lipinski definition) is 1. The molecule has 2 nitrogen and oxygen atoms in total. The first-order chi connectivity index (χ1) is 32.2. The molecule has 2 heteroatoms. The van der Waals surface area contributed by atoms with Crippen molar-refractivity contribution in [1.82, 2.24) is 4.57 Å². The molecule has 0 aliphatic heterocycles. The van der Waals surface area contributed by atoms with Crippen LogP contribution < -0.4 is 4.90 Å². The summed E-state index contributed by atoms with van der Waals surface area (Å²) in [6, 6.07) is 89.6. The fraction of sp³-hybridized carbons (Fsp3) is 0.0159. The smallest absolute Gasteiger partial charge is 0.0726 e. The zero-order chi connectivity index (χ0) is 42.6. The fourth-order valence-corrected chi connectivity index (χ4v) is 11.4. The zero-order valence-electron chi connectivity index (χ0n) is 35.5. The van der Waals surface area contributed by atoms with Gasteiger partial charge in [0.1, 0.15) is 0 Å². The molecule has 2 aliphatic carbocycles. The Morgan fingerprint density at radius 1 is 0.292 bits per heavy atom. The van der Waals surface area contributed by atoms with Crippen LogP contribution in [-0.4, -0.2) is 4.57 Å². The third-order valence-electron chi connectivity index (χ3n) is 14.3. The molecule has 2 aliphatic rings. The summed E-state index contributed by atoms with van der Waals surface area (Å²) in [7, 11) is 0. The third kappa shape index (κ3) is 5.17. The van der Waals surface area contributed by atoms with Crippen molar-refractivity contribution in [2.24, 2.45) is 0 Å². The van der Waals surface area contributed by atoms with E-state index in [2.05, 4.69) is 252 Å². The molecule has 1 spiro atoms. The number of aromatic nitrogens is 1. The van der Waals surface area contributed by atoms with Gasteiger partial charge in [-0.2, -0.15) is 0 Å². The van der Waals surface area contributed by atoms with Gasteiger partial charge in [0, 0.05) is 33.5 Å². The minimum Gasteiger partial charge on any atom is -0.310 e. The number of fused-ring (bicyclic) bond motifs is 7. The van der Waals surface area contributed by atoms with Crippen molar-refractivity contribution >= 4 is 60.4 Å². The Bertz CT molecular complexity index is 3820. The molecule has 14 rings (SSSR count). The second-order valence-electron chi connectivity index (χ2n) is 17.7. The lowest BCUT2D eigenvalue weighted by Gasteiger charge is -2.52. The van der Waals surface area contributed by atoms with E-state index >= 15 is 0 Å². The molecule has 0 amide bonds. The van der Waals surface area contributed by atoms with E-state index in [0.29, 0.717) is 0 Å². The molecule has 1 heterocycles. The van der Waals surface area contributed by atoms with E-state index in [9.17, 15) is 0 Å². The Hall–Kier alpha value is -8.46. The van der Waals surface area contributed by atoms with Gasteiger partial charge in [-0.15, -0.1) is 0 Å². The molecule has 0 saturated heterocycles. The van der Waals surface area contributed by atoms with Crippen LogP contribution in [-0.2, 0) is 5.41 Å². The van der Waals surface area contributed by atoms with Crippen LogP contribution in [0.2, 0.25) is 0 Å². The van der Waals surface area contributed by atoms with Crippen molar-refractivity contribution in [2.45, 2.75) is 5.41 Å². The first-order valence-corrected chi connectivity index (χ1v) is 22.6. The van der Waals surface area contributed by atoms with Gasteiger partial charge in [-0.25, -0.2) is 0 Å². The molecule has 0 atom stereocenters. The molecule has 302 valence electrons. The van der Waals surface area contributed by atoms with E-state index in [1.807, 2.05) is 0 Å². The Morgan fingerprint density at radius 3 is 1.54 bits per heavy atom. The minimum atomic E-state index is -0.214. The number of anilines is 3. The average molecular weight is 825 g/mol. The monoisotopic (exact) mass is 824 g/mol. The molecular formula is C63H40N2. The highest BCUT2D eigenvalue weighted by atomic mass is 15.1. The average Bonchev–Trinajstić information content (AvgIpc) is 3.70. The third-order valence-corrected chi connectivity index (χ3v) is 14.3. The Labute approximate surface area is 377 Å². The van der Waals surface area contributed by atoms with E-state index in [0.717, 1.165) is 22.7 Å². The summed E-state index contributed by atoms with van der Waals surface area (Å²) in [5.74, 6) is 0. The van der Waals surface area contributed by atoms with Gasteiger partial charge in [0.25, 0.3) is 0 Å². The standard InChI is InChI=1S/C63H40N2/c1-3-13-41(14-4-1)43-27-32-49(33-28-43)64(52-38-48-20-12-25-57-62(48)58(40-52)63(57)55-23-10-17-45-18-11-24-56(63)61(45)55)51-21-9-19-46(37-51)44-29-34-50(35-30-44)65-59-26-8-7-22-53(59)54-39-47(31-36-60(54)65)42-15-5-2-6-16-42/h1-40H. The molecule has 0 unspecified atom stereocenters. The molecule has 11 aromatic carbocycles. The molecule has 12 aromatic rings. The number of rotatable bonds is 7. The highest BCUT2D eigenvalue weighted by Crippen LogP contribution is 2.65. The summed E-state index contributed by atoms with van der Waals surface area (Å²) < 4.78 is 2.40. The maximum Gasteiger partial charge on any atom is 0.0726 e. The van der Waals surface area contributed by atoms with Crippen molar-refractivity contribution in [2.75, 3.05) is 4.90 Å². The Morgan fingerprint density at radius 2 is 0.815 bits per heavy atom. The first-order valence-electron chi connectivity index (χ1n) is 22.6. The van der Waals surface area contributed by atoms with Crippen LogP contribution in [0, 0.1) is 0 Å². The van der Waals surface area contributed by atoms with Crippen molar-refractivity contribution in [1.29, 1.82) is 0 Å².